The van der Waals surface area contributed by atoms with Gasteiger partial charge in [0, 0.05) is 18.8 Å². The van der Waals surface area contributed by atoms with Crippen LogP contribution in [0, 0.1) is 6.92 Å². The Morgan fingerprint density at radius 3 is 2.72 bits per heavy atom. The Morgan fingerprint density at radius 2 is 2.12 bits per heavy atom. The summed E-state index contributed by atoms with van der Waals surface area (Å²) in [4.78, 5) is 16.1. The fourth-order valence-corrected chi connectivity index (χ4v) is 2.38. The molecule has 2 aromatic heterocycles. The third kappa shape index (κ3) is 4.60. The van der Waals surface area contributed by atoms with Crippen LogP contribution in [0.25, 0.3) is 5.65 Å². The number of nitrogens with one attached hydrogen (secondary N) is 1. The van der Waals surface area contributed by atoms with Gasteiger partial charge in [-0.25, -0.2) is 9.50 Å². The van der Waals surface area contributed by atoms with Gasteiger partial charge in [-0.05, 0) is 33.3 Å². The van der Waals surface area contributed by atoms with Gasteiger partial charge in [-0.15, -0.1) is 0 Å². The summed E-state index contributed by atoms with van der Waals surface area (Å²) < 4.78 is 45.3. The van der Waals surface area contributed by atoms with Gasteiger partial charge in [0.15, 0.2) is 11.3 Å². The predicted octanol–water partition coefficient (Wildman–Crippen LogP) is 3.25. The number of hydrogen-bond acceptors (Lipinski definition) is 4. The summed E-state index contributed by atoms with van der Waals surface area (Å²) in [5.74, 6) is -0.661. The zero-order chi connectivity index (χ0) is 18.8. The Labute approximate surface area is 147 Å². The maximum atomic E-state index is 13.1. The van der Waals surface area contributed by atoms with E-state index in [9.17, 15) is 18.0 Å². The third-order valence-corrected chi connectivity index (χ3v) is 3.57. The van der Waals surface area contributed by atoms with E-state index in [4.69, 9.17) is 16.3 Å². The van der Waals surface area contributed by atoms with E-state index in [1.165, 1.54) is 6.92 Å². The highest BCUT2D eigenvalue weighted by Crippen LogP contribution is 2.32. The van der Waals surface area contributed by atoms with Crippen molar-refractivity contribution in [2.45, 2.75) is 39.5 Å². The molecule has 1 amide bonds. The number of aryl methyl sites for hydroxylation is 1. The normalized spacial score (nSPS) is 12.2. The molecule has 0 aliphatic carbocycles. The molecular formula is C15H18ClF3N4O2. The first-order valence-electron chi connectivity index (χ1n) is 7.64. The summed E-state index contributed by atoms with van der Waals surface area (Å²) in [6.07, 6.45) is -4.01. The Balaban J connectivity index is 2.22. The van der Waals surface area contributed by atoms with Crippen molar-refractivity contribution >= 4 is 23.2 Å². The summed E-state index contributed by atoms with van der Waals surface area (Å²) in [7, 11) is 0. The molecule has 0 bridgehead atoms. The van der Waals surface area contributed by atoms with Crippen LogP contribution in [-0.4, -0.2) is 39.8 Å². The van der Waals surface area contributed by atoms with Crippen molar-refractivity contribution in [3.8, 4) is 0 Å². The number of carbonyl (C=O) groups is 1. The van der Waals surface area contributed by atoms with Crippen molar-refractivity contribution in [2.75, 3.05) is 13.2 Å². The van der Waals surface area contributed by atoms with E-state index in [0.29, 0.717) is 17.5 Å². The van der Waals surface area contributed by atoms with Crippen molar-refractivity contribution in [3.63, 3.8) is 0 Å². The molecule has 0 unspecified atom stereocenters. The molecule has 2 heterocycles. The number of rotatable bonds is 6. The third-order valence-electron chi connectivity index (χ3n) is 3.22. The number of hydrogen-bond donors (Lipinski definition) is 1. The van der Waals surface area contributed by atoms with Crippen LogP contribution < -0.4 is 5.32 Å². The number of amides is 1. The van der Waals surface area contributed by atoms with Gasteiger partial charge in [0.1, 0.15) is 10.7 Å². The minimum atomic E-state index is -4.65. The second-order valence-electron chi connectivity index (χ2n) is 5.71. The van der Waals surface area contributed by atoms with E-state index in [2.05, 4.69) is 15.4 Å². The average Bonchev–Trinajstić information content (AvgIpc) is 2.82. The minimum absolute atomic E-state index is 0.0821. The van der Waals surface area contributed by atoms with Crippen LogP contribution in [-0.2, 0) is 10.9 Å². The molecular weight excluding hydrogens is 361 g/mol. The van der Waals surface area contributed by atoms with Crippen LogP contribution in [0.4, 0.5) is 13.2 Å². The van der Waals surface area contributed by atoms with E-state index < -0.39 is 17.8 Å². The van der Waals surface area contributed by atoms with Crippen LogP contribution in [0.15, 0.2) is 6.07 Å². The van der Waals surface area contributed by atoms with Gasteiger partial charge in [0.05, 0.1) is 6.10 Å². The lowest BCUT2D eigenvalue weighted by Gasteiger charge is -2.09. The van der Waals surface area contributed by atoms with E-state index in [1.54, 1.807) is 0 Å². The summed E-state index contributed by atoms with van der Waals surface area (Å²) in [6, 6.07) is 0.848. The Hall–Kier alpha value is -1.87. The molecule has 0 saturated carbocycles. The molecule has 1 N–H and O–H groups in total. The van der Waals surface area contributed by atoms with Crippen molar-refractivity contribution in [1.29, 1.82) is 0 Å². The van der Waals surface area contributed by atoms with Gasteiger partial charge < -0.3 is 10.1 Å². The first-order chi connectivity index (χ1) is 11.6. The van der Waals surface area contributed by atoms with Gasteiger partial charge in [-0.3, -0.25) is 4.79 Å². The number of ether oxygens (including phenoxy) is 1. The summed E-state index contributed by atoms with van der Waals surface area (Å²) in [5.41, 5.74) is -1.42. The highest BCUT2D eigenvalue weighted by Gasteiger charge is 2.36. The molecule has 25 heavy (non-hydrogen) atoms. The molecule has 0 radical (unpaired) electrons. The lowest BCUT2D eigenvalue weighted by atomic mass is 10.3. The predicted molar refractivity (Wildman–Crippen MR) is 85.8 cm³/mol. The number of alkyl halides is 3. The molecule has 0 aromatic carbocycles. The molecule has 0 fully saturated rings. The minimum Gasteiger partial charge on any atom is -0.379 e. The summed E-state index contributed by atoms with van der Waals surface area (Å²) >= 11 is 6.03. The van der Waals surface area contributed by atoms with E-state index in [0.717, 1.165) is 6.07 Å². The molecule has 0 atom stereocenters. The molecule has 6 nitrogen and oxygen atoms in total. The highest BCUT2D eigenvalue weighted by atomic mass is 35.5. The monoisotopic (exact) mass is 378 g/mol. The van der Waals surface area contributed by atoms with Crippen molar-refractivity contribution in [2.24, 2.45) is 0 Å². The molecule has 0 aliphatic heterocycles. The topological polar surface area (TPSA) is 68.5 Å². The molecule has 2 rings (SSSR count). The average molecular weight is 379 g/mol. The first-order valence-corrected chi connectivity index (χ1v) is 8.02. The number of fused-ring (bicyclic) bond motifs is 1. The van der Waals surface area contributed by atoms with E-state index in [-0.39, 0.29) is 34.7 Å². The standard InChI is InChI=1S/C15H18ClF3N4O2/c1-8(2)25-6-4-5-20-14(24)12-11(16)13-21-9(3)7-10(15(17,18)19)23(13)22-12/h7-8H,4-6H2,1-3H3,(H,20,24). The van der Waals surface area contributed by atoms with Crippen molar-refractivity contribution in [1.82, 2.24) is 19.9 Å². The second-order valence-corrected chi connectivity index (χ2v) is 6.09. The van der Waals surface area contributed by atoms with Crippen LogP contribution >= 0.6 is 11.6 Å². The summed E-state index contributed by atoms with van der Waals surface area (Å²) in [5, 5.41) is 6.05. The van der Waals surface area contributed by atoms with Gasteiger partial charge >= 0.3 is 6.18 Å². The zero-order valence-corrected chi connectivity index (χ0v) is 14.7. The molecule has 2 aromatic rings. The van der Waals surface area contributed by atoms with Crippen molar-refractivity contribution < 1.29 is 22.7 Å². The fraction of sp³-hybridized carbons (Fsp3) is 0.533. The fourth-order valence-electron chi connectivity index (χ4n) is 2.14. The zero-order valence-electron chi connectivity index (χ0n) is 13.9. The smallest absolute Gasteiger partial charge is 0.379 e. The molecule has 0 saturated heterocycles. The Bertz CT molecular complexity index is 774. The largest absolute Gasteiger partial charge is 0.433 e. The van der Waals surface area contributed by atoms with E-state index in [1.807, 2.05) is 13.8 Å². The number of halogens is 4. The molecule has 0 spiro atoms. The Kier molecular flexibility index (Phi) is 5.89. The quantitative estimate of drug-likeness (QED) is 0.783. The van der Waals surface area contributed by atoms with Crippen LogP contribution in [0.5, 0.6) is 0 Å². The lowest BCUT2D eigenvalue weighted by Crippen LogP contribution is -2.26. The first kappa shape index (κ1) is 19.5. The molecule has 0 aliphatic rings. The van der Waals surface area contributed by atoms with Crippen LogP contribution in [0.1, 0.15) is 42.1 Å². The van der Waals surface area contributed by atoms with Gasteiger partial charge in [0.2, 0.25) is 0 Å². The molecule has 10 heteroatoms. The SMILES string of the molecule is Cc1cc(C(F)(F)F)n2nc(C(=O)NCCCOC(C)C)c(Cl)c2n1. The van der Waals surface area contributed by atoms with Crippen molar-refractivity contribution in [3.05, 3.63) is 28.2 Å². The van der Waals surface area contributed by atoms with Crippen LogP contribution in [0.2, 0.25) is 5.02 Å². The number of carbonyl (C=O) groups excluding carboxylic acids is 1. The second kappa shape index (κ2) is 7.57. The van der Waals surface area contributed by atoms with Crippen LogP contribution in [0.3, 0.4) is 0 Å². The maximum absolute atomic E-state index is 13.1. The number of nitrogens with zero attached hydrogens (tertiary/aromatic N) is 3. The van der Waals surface area contributed by atoms with Gasteiger partial charge in [0.25, 0.3) is 5.91 Å². The highest BCUT2D eigenvalue weighted by molar-refractivity contribution is 6.36. The molecule has 138 valence electrons. The Morgan fingerprint density at radius 1 is 1.44 bits per heavy atom. The van der Waals surface area contributed by atoms with Gasteiger partial charge in [-0.2, -0.15) is 18.3 Å². The lowest BCUT2D eigenvalue weighted by molar-refractivity contribution is -0.142. The maximum Gasteiger partial charge on any atom is 0.433 e. The summed E-state index contributed by atoms with van der Waals surface area (Å²) in [6.45, 7) is 5.93. The van der Waals surface area contributed by atoms with E-state index >= 15 is 0 Å². The number of aromatic nitrogens is 3. The van der Waals surface area contributed by atoms with Gasteiger partial charge in [-0.1, -0.05) is 11.6 Å².